The molecule has 0 aromatic carbocycles. The van der Waals surface area contributed by atoms with Gasteiger partial charge in [-0.3, -0.25) is 4.79 Å². The predicted octanol–water partition coefficient (Wildman–Crippen LogP) is 2.26. The fraction of sp³-hybridized carbons (Fsp3) is 0.400. The van der Waals surface area contributed by atoms with E-state index in [1.807, 2.05) is 13.0 Å². The van der Waals surface area contributed by atoms with Crippen LogP contribution < -0.4 is 10.3 Å². The van der Waals surface area contributed by atoms with Crippen LogP contribution in [0, 0.1) is 6.92 Å². The van der Waals surface area contributed by atoms with Gasteiger partial charge in [0.25, 0.3) is 5.56 Å². The van der Waals surface area contributed by atoms with Crippen molar-refractivity contribution < 1.29 is 4.74 Å². The smallest absolute Gasteiger partial charge is 0.254 e. The third kappa shape index (κ3) is 2.81. The van der Waals surface area contributed by atoms with Crippen molar-refractivity contribution in [2.75, 3.05) is 7.11 Å². The number of aryl methyl sites for hydroxylation is 2. The van der Waals surface area contributed by atoms with Gasteiger partial charge in [0.15, 0.2) is 5.16 Å². The average molecular weight is 303 g/mol. The lowest BCUT2D eigenvalue weighted by molar-refractivity contribution is 0.393. The topological polar surface area (TPSA) is 67.9 Å². The number of rotatable bonds is 4. The van der Waals surface area contributed by atoms with Crippen molar-refractivity contribution in [3.63, 3.8) is 0 Å². The number of fused-ring (bicyclic) bond motifs is 1. The Labute approximate surface area is 127 Å². The number of hydrogen-bond donors (Lipinski definition) is 1. The number of nitrogens with zero attached hydrogens (tertiary/aromatic N) is 2. The Morgan fingerprint density at radius 3 is 3.10 bits per heavy atom. The molecule has 0 bridgehead atoms. The van der Waals surface area contributed by atoms with E-state index < -0.39 is 0 Å². The second-order valence-corrected chi connectivity index (χ2v) is 6.02. The third-order valence-corrected chi connectivity index (χ3v) is 4.62. The molecule has 21 heavy (non-hydrogen) atoms. The molecule has 0 saturated heterocycles. The van der Waals surface area contributed by atoms with Gasteiger partial charge in [-0.1, -0.05) is 11.8 Å². The van der Waals surface area contributed by atoms with Crippen LogP contribution in [-0.2, 0) is 18.6 Å². The normalized spacial score (nSPS) is 13.2. The molecule has 2 aromatic rings. The summed E-state index contributed by atoms with van der Waals surface area (Å²) in [4.78, 5) is 23.6. The lowest BCUT2D eigenvalue weighted by Crippen LogP contribution is -2.15. The van der Waals surface area contributed by atoms with Crippen LogP contribution in [0.3, 0.4) is 0 Å². The fourth-order valence-corrected chi connectivity index (χ4v) is 3.51. The van der Waals surface area contributed by atoms with Crippen LogP contribution in [0.1, 0.15) is 28.8 Å². The average Bonchev–Trinajstić information content (AvgIpc) is 2.94. The fourth-order valence-electron chi connectivity index (χ4n) is 2.54. The zero-order valence-electron chi connectivity index (χ0n) is 12.1. The zero-order valence-corrected chi connectivity index (χ0v) is 12.9. The standard InChI is InChI=1S/C15H17N3O2S/c1-9-6-7-16-14(20-2)11(9)8-21-15-17-12-5-3-4-10(12)13(19)18-15/h6-7H,3-5,8H2,1-2H3,(H,17,18,19). The number of methoxy groups -OCH3 is 1. The Morgan fingerprint density at radius 1 is 1.43 bits per heavy atom. The SMILES string of the molecule is COc1nccc(C)c1CSc1nc2c(c(=O)[nH]1)CCC2. The molecule has 0 aliphatic heterocycles. The number of ether oxygens (including phenoxy) is 1. The maximum Gasteiger partial charge on any atom is 0.254 e. The number of hydrogen-bond acceptors (Lipinski definition) is 5. The number of thioether (sulfide) groups is 1. The minimum Gasteiger partial charge on any atom is -0.481 e. The molecular weight excluding hydrogens is 286 g/mol. The largest absolute Gasteiger partial charge is 0.481 e. The summed E-state index contributed by atoms with van der Waals surface area (Å²) in [6.45, 7) is 2.03. The Bertz CT molecular complexity index is 727. The highest BCUT2D eigenvalue weighted by Crippen LogP contribution is 2.27. The van der Waals surface area contributed by atoms with Gasteiger partial charge in [0.2, 0.25) is 5.88 Å². The van der Waals surface area contributed by atoms with E-state index in [-0.39, 0.29) is 5.56 Å². The highest BCUT2D eigenvalue weighted by atomic mass is 32.2. The molecule has 0 unspecified atom stereocenters. The first-order valence-electron chi connectivity index (χ1n) is 6.92. The lowest BCUT2D eigenvalue weighted by atomic mass is 10.2. The Balaban J connectivity index is 1.83. The van der Waals surface area contributed by atoms with Crippen LogP contribution in [0.15, 0.2) is 22.2 Å². The van der Waals surface area contributed by atoms with Crippen LogP contribution in [0.4, 0.5) is 0 Å². The van der Waals surface area contributed by atoms with Gasteiger partial charge in [-0.25, -0.2) is 9.97 Å². The van der Waals surface area contributed by atoms with E-state index in [1.54, 1.807) is 13.3 Å². The molecule has 1 aliphatic rings. The van der Waals surface area contributed by atoms with Crippen molar-refractivity contribution in [2.45, 2.75) is 37.1 Å². The first-order valence-corrected chi connectivity index (χ1v) is 7.91. The third-order valence-electron chi connectivity index (χ3n) is 3.72. The van der Waals surface area contributed by atoms with Gasteiger partial charge in [0.05, 0.1) is 12.8 Å². The van der Waals surface area contributed by atoms with Crippen LogP contribution >= 0.6 is 11.8 Å². The van der Waals surface area contributed by atoms with Gasteiger partial charge < -0.3 is 9.72 Å². The highest BCUT2D eigenvalue weighted by Gasteiger charge is 2.17. The molecule has 1 aliphatic carbocycles. The van der Waals surface area contributed by atoms with E-state index in [4.69, 9.17) is 4.74 Å². The zero-order chi connectivity index (χ0) is 14.8. The van der Waals surface area contributed by atoms with Crippen LogP contribution in [0.2, 0.25) is 0 Å². The first kappa shape index (κ1) is 14.1. The van der Waals surface area contributed by atoms with E-state index >= 15 is 0 Å². The van der Waals surface area contributed by atoms with Crippen molar-refractivity contribution in [3.05, 3.63) is 45.0 Å². The Kier molecular flexibility index (Phi) is 3.96. The molecule has 5 nitrogen and oxygen atoms in total. The summed E-state index contributed by atoms with van der Waals surface area (Å²) >= 11 is 1.51. The second kappa shape index (κ2) is 5.89. The number of aromatic nitrogens is 3. The van der Waals surface area contributed by atoms with Gasteiger partial charge in [-0.2, -0.15) is 0 Å². The van der Waals surface area contributed by atoms with Gasteiger partial charge in [-0.15, -0.1) is 0 Å². The second-order valence-electron chi connectivity index (χ2n) is 5.05. The van der Waals surface area contributed by atoms with Gasteiger partial charge in [0.1, 0.15) is 0 Å². The Hall–Kier alpha value is -1.82. The minimum atomic E-state index is 0.00914. The maximum absolute atomic E-state index is 12.0. The summed E-state index contributed by atoms with van der Waals surface area (Å²) < 4.78 is 5.30. The molecule has 0 fully saturated rings. The molecular formula is C15H17N3O2S. The highest BCUT2D eigenvalue weighted by molar-refractivity contribution is 7.98. The summed E-state index contributed by atoms with van der Waals surface area (Å²) in [6.07, 6.45) is 4.51. The van der Waals surface area contributed by atoms with Crippen LogP contribution in [0.5, 0.6) is 5.88 Å². The molecule has 0 atom stereocenters. The minimum absolute atomic E-state index is 0.00914. The molecule has 0 amide bonds. The summed E-state index contributed by atoms with van der Waals surface area (Å²) in [5, 5.41) is 0.672. The van der Waals surface area contributed by atoms with E-state index in [0.717, 1.165) is 41.6 Å². The Morgan fingerprint density at radius 2 is 2.29 bits per heavy atom. The monoisotopic (exact) mass is 303 g/mol. The number of aromatic amines is 1. The van der Waals surface area contributed by atoms with E-state index in [2.05, 4.69) is 15.0 Å². The molecule has 110 valence electrons. The first-order chi connectivity index (χ1) is 10.2. The van der Waals surface area contributed by atoms with Gasteiger partial charge in [-0.05, 0) is 37.8 Å². The molecule has 1 N–H and O–H groups in total. The van der Waals surface area contributed by atoms with E-state index in [9.17, 15) is 4.79 Å². The molecule has 0 spiro atoms. The van der Waals surface area contributed by atoms with Crippen molar-refractivity contribution in [2.24, 2.45) is 0 Å². The quantitative estimate of drug-likeness (QED) is 0.693. The number of H-pyrrole nitrogens is 1. The number of nitrogens with one attached hydrogen (secondary N) is 1. The molecule has 3 rings (SSSR count). The van der Waals surface area contributed by atoms with Crippen molar-refractivity contribution in [1.82, 2.24) is 15.0 Å². The predicted molar refractivity (Wildman–Crippen MR) is 82.0 cm³/mol. The summed E-state index contributed by atoms with van der Waals surface area (Å²) in [5.41, 5.74) is 3.98. The summed E-state index contributed by atoms with van der Waals surface area (Å²) in [5.74, 6) is 1.30. The summed E-state index contributed by atoms with van der Waals surface area (Å²) in [6, 6.07) is 1.96. The van der Waals surface area contributed by atoms with Gasteiger partial charge in [0, 0.05) is 23.1 Å². The molecule has 0 radical (unpaired) electrons. The van der Waals surface area contributed by atoms with Crippen LogP contribution in [-0.4, -0.2) is 22.1 Å². The van der Waals surface area contributed by atoms with E-state index in [1.165, 1.54) is 11.8 Å². The summed E-state index contributed by atoms with van der Waals surface area (Å²) in [7, 11) is 1.62. The molecule has 2 heterocycles. The van der Waals surface area contributed by atoms with Gasteiger partial charge >= 0.3 is 0 Å². The molecule has 0 saturated carbocycles. The van der Waals surface area contributed by atoms with Crippen molar-refractivity contribution in [1.29, 1.82) is 0 Å². The van der Waals surface area contributed by atoms with Crippen LogP contribution in [0.25, 0.3) is 0 Å². The van der Waals surface area contributed by atoms with Crippen molar-refractivity contribution in [3.8, 4) is 5.88 Å². The van der Waals surface area contributed by atoms with E-state index in [0.29, 0.717) is 16.8 Å². The number of pyridine rings is 1. The molecule has 6 heteroatoms. The lowest BCUT2D eigenvalue weighted by Gasteiger charge is -2.10. The maximum atomic E-state index is 12.0. The molecule has 2 aromatic heterocycles. The van der Waals surface area contributed by atoms with Crippen molar-refractivity contribution >= 4 is 11.8 Å².